The number of hydrogen-bond donors (Lipinski definition) is 3. The Bertz CT molecular complexity index is 951. The van der Waals surface area contributed by atoms with Crippen LogP contribution < -0.4 is 10.6 Å². The van der Waals surface area contributed by atoms with Gasteiger partial charge in [-0.15, -0.1) is 0 Å². The second-order valence-corrected chi connectivity index (χ2v) is 7.14. The van der Waals surface area contributed by atoms with E-state index in [1.807, 2.05) is 37.3 Å². The molecule has 1 aliphatic carbocycles. The van der Waals surface area contributed by atoms with E-state index in [-0.39, 0.29) is 11.8 Å². The highest BCUT2D eigenvalue weighted by Gasteiger charge is 2.34. The minimum atomic E-state index is -0.987. The van der Waals surface area contributed by atoms with Crippen molar-refractivity contribution in [2.75, 3.05) is 5.32 Å². The Morgan fingerprint density at radius 3 is 2.34 bits per heavy atom. The molecule has 2 aromatic carbocycles. The molecule has 3 N–H and O–H groups in total. The fourth-order valence-corrected chi connectivity index (χ4v) is 3.47. The zero-order chi connectivity index (χ0) is 20.8. The van der Waals surface area contributed by atoms with Crippen molar-refractivity contribution in [1.29, 1.82) is 0 Å². The Hall–Kier alpha value is -3.41. The fraction of sp³-hybridized carbons (Fsp3) is 0.261. The quantitative estimate of drug-likeness (QED) is 0.656. The number of aryl methyl sites for hydroxylation is 1. The molecular weight excluding hydrogens is 368 g/mol. The van der Waals surface area contributed by atoms with Crippen molar-refractivity contribution in [1.82, 2.24) is 5.32 Å². The van der Waals surface area contributed by atoms with Crippen LogP contribution in [0.1, 0.15) is 34.3 Å². The molecule has 0 heterocycles. The number of para-hydroxylation sites is 1. The molecule has 29 heavy (non-hydrogen) atoms. The maximum atomic E-state index is 12.7. The zero-order valence-electron chi connectivity index (χ0n) is 16.2. The van der Waals surface area contributed by atoms with Crippen LogP contribution in [0.5, 0.6) is 0 Å². The predicted octanol–water partition coefficient (Wildman–Crippen LogP) is 3.53. The molecule has 6 nitrogen and oxygen atoms in total. The average Bonchev–Trinajstić information content (AvgIpc) is 2.73. The molecule has 0 unspecified atom stereocenters. The van der Waals surface area contributed by atoms with Gasteiger partial charge in [-0.1, -0.05) is 48.6 Å². The van der Waals surface area contributed by atoms with Gasteiger partial charge in [0.1, 0.15) is 0 Å². The highest BCUT2D eigenvalue weighted by Crippen LogP contribution is 2.28. The minimum Gasteiger partial charge on any atom is -0.481 e. The van der Waals surface area contributed by atoms with Crippen molar-refractivity contribution in [3.05, 3.63) is 77.4 Å². The van der Waals surface area contributed by atoms with Crippen molar-refractivity contribution in [3.63, 3.8) is 0 Å². The van der Waals surface area contributed by atoms with E-state index >= 15 is 0 Å². The monoisotopic (exact) mass is 392 g/mol. The molecule has 0 saturated carbocycles. The number of anilines is 1. The van der Waals surface area contributed by atoms with Gasteiger partial charge >= 0.3 is 5.97 Å². The number of hydrogen-bond acceptors (Lipinski definition) is 3. The Balaban J connectivity index is 1.72. The van der Waals surface area contributed by atoms with Gasteiger partial charge in [0.05, 0.1) is 23.1 Å². The van der Waals surface area contributed by atoms with Gasteiger partial charge in [-0.25, -0.2) is 0 Å². The van der Waals surface area contributed by atoms with E-state index < -0.39 is 17.8 Å². The third-order valence-electron chi connectivity index (χ3n) is 5.22. The fourth-order valence-electron chi connectivity index (χ4n) is 3.47. The van der Waals surface area contributed by atoms with Crippen molar-refractivity contribution in [2.45, 2.75) is 26.3 Å². The molecule has 0 saturated heterocycles. The van der Waals surface area contributed by atoms with Crippen LogP contribution in [0.2, 0.25) is 0 Å². The molecule has 0 bridgehead atoms. The number of carboxylic acid groups (broad SMARTS) is 1. The molecule has 2 amide bonds. The molecule has 0 aliphatic heterocycles. The first-order chi connectivity index (χ1) is 14.0. The number of aliphatic carboxylic acids is 1. The Morgan fingerprint density at radius 2 is 1.62 bits per heavy atom. The average molecular weight is 392 g/mol. The van der Waals surface area contributed by atoms with Crippen LogP contribution in [0.3, 0.4) is 0 Å². The molecule has 2 atom stereocenters. The highest BCUT2D eigenvalue weighted by atomic mass is 16.4. The molecule has 3 rings (SSSR count). The van der Waals surface area contributed by atoms with Crippen LogP contribution in [0, 0.1) is 18.8 Å². The van der Waals surface area contributed by atoms with E-state index in [9.17, 15) is 19.5 Å². The van der Waals surface area contributed by atoms with Crippen LogP contribution in [-0.4, -0.2) is 22.9 Å². The second kappa shape index (κ2) is 9.19. The van der Waals surface area contributed by atoms with E-state index in [1.165, 1.54) is 0 Å². The first-order valence-electron chi connectivity index (χ1n) is 9.57. The van der Waals surface area contributed by atoms with Crippen LogP contribution in [0.4, 0.5) is 5.69 Å². The van der Waals surface area contributed by atoms with Crippen molar-refractivity contribution >= 4 is 23.5 Å². The lowest BCUT2D eigenvalue weighted by atomic mass is 9.82. The smallest absolute Gasteiger partial charge is 0.307 e. The van der Waals surface area contributed by atoms with E-state index in [1.54, 1.807) is 30.3 Å². The third kappa shape index (κ3) is 4.90. The van der Waals surface area contributed by atoms with Gasteiger partial charge in [-0.05, 0) is 43.0 Å². The van der Waals surface area contributed by atoms with Gasteiger partial charge in [0.2, 0.25) is 5.91 Å². The summed E-state index contributed by atoms with van der Waals surface area (Å²) in [6.07, 6.45) is 4.30. The summed E-state index contributed by atoms with van der Waals surface area (Å²) < 4.78 is 0. The summed E-state index contributed by atoms with van der Waals surface area (Å²) in [5.74, 6) is -3.11. The minimum absolute atomic E-state index is 0.303. The van der Waals surface area contributed by atoms with Crippen molar-refractivity contribution in [2.24, 2.45) is 11.8 Å². The van der Waals surface area contributed by atoms with Crippen LogP contribution in [0.25, 0.3) is 0 Å². The molecule has 1 aliphatic rings. The predicted molar refractivity (Wildman–Crippen MR) is 110 cm³/mol. The lowest BCUT2D eigenvalue weighted by Gasteiger charge is -2.24. The number of rotatable bonds is 6. The van der Waals surface area contributed by atoms with Gasteiger partial charge in [0.15, 0.2) is 0 Å². The largest absolute Gasteiger partial charge is 0.481 e. The topological polar surface area (TPSA) is 95.5 Å². The van der Waals surface area contributed by atoms with Crippen LogP contribution >= 0.6 is 0 Å². The van der Waals surface area contributed by atoms with Crippen molar-refractivity contribution < 1.29 is 19.5 Å². The van der Waals surface area contributed by atoms with Gasteiger partial charge in [-0.2, -0.15) is 0 Å². The van der Waals surface area contributed by atoms with Gasteiger partial charge in [0.25, 0.3) is 5.91 Å². The Labute approximate surface area is 169 Å². The molecule has 150 valence electrons. The summed E-state index contributed by atoms with van der Waals surface area (Å²) in [6, 6.07) is 14.5. The normalized spacial score (nSPS) is 18.1. The molecule has 0 spiro atoms. The van der Waals surface area contributed by atoms with Gasteiger partial charge in [0, 0.05) is 6.54 Å². The maximum Gasteiger partial charge on any atom is 0.307 e. The zero-order valence-corrected chi connectivity index (χ0v) is 16.2. The number of allylic oxidation sites excluding steroid dienone is 2. The van der Waals surface area contributed by atoms with Crippen molar-refractivity contribution in [3.8, 4) is 0 Å². The van der Waals surface area contributed by atoms with E-state index in [0.717, 1.165) is 11.1 Å². The summed E-state index contributed by atoms with van der Waals surface area (Å²) in [7, 11) is 0. The molecule has 0 fully saturated rings. The van der Waals surface area contributed by atoms with E-state index in [4.69, 9.17) is 0 Å². The summed E-state index contributed by atoms with van der Waals surface area (Å²) in [4.78, 5) is 36.9. The Kier molecular flexibility index (Phi) is 6.44. The summed E-state index contributed by atoms with van der Waals surface area (Å²) in [5.41, 5.74) is 2.81. The molecule has 6 heteroatoms. The highest BCUT2D eigenvalue weighted by molar-refractivity contribution is 6.04. The Morgan fingerprint density at radius 1 is 0.966 bits per heavy atom. The lowest BCUT2D eigenvalue weighted by molar-refractivity contribution is -0.146. The molecule has 0 aromatic heterocycles. The summed E-state index contributed by atoms with van der Waals surface area (Å²) >= 11 is 0. The molecular formula is C23H24N2O4. The number of carbonyl (C=O) groups excluding carboxylic acids is 2. The first kappa shape index (κ1) is 20.3. The maximum absolute atomic E-state index is 12.7. The standard InChI is InChI=1S/C23H24N2O4/c1-15-8-2-3-9-16(15)14-24-21(26)19-12-6-7-13-20(19)25-22(27)17-10-4-5-11-18(17)23(28)29/h2-9,12-13,17-18H,10-11,14H2,1H3,(H,24,26)(H,25,27)(H,28,29)/t17-,18-/m0/s1. The van der Waals surface area contributed by atoms with Gasteiger partial charge < -0.3 is 15.7 Å². The summed E-state index contributed by atoms with van der Waals surface area (Å²) in [5, 5.41) is 15.0. The van der Waals surface area contributed by atoms with Crippen LogP contribution in [-0.2, 0) is 16.1 Å². The van der Waals surface area contributed by atoms with Gasteiger partial charge in [-0.3, -0.25) is 14.4 Å². The number of nitrogens with one attached hydrogen (secondary N) is 2. The lowest BCUT2D eigenvalue weighted by Crippen LogP contribution is -2.35. The SMILES string of the molecule is Cc1ccccc1CNC(=O)c1ccccc1NC(=O)[C@H]1CC=CC[C@@H]1C(=O)O. The number of carboxylic acids is 1. The van der Waals surface area contributed by atoms with Crippen LogP contribution in [0.15, 0.2) is 60.7 Å². The number of amides is 2. The van der Waals surface area contributed by atoms with E-state index in [2.05, 4.69) is 10.6 Å². The first-order valence-corrected chi connectivity index (χ1v) is 9.57. The van der Waals surface area contributed by atoms with E-state index in [0.29, 0.717) is 30.6 Å². The number of carbonyl (C=O) groups is 3. The molecule has 0 radical (unpaired) electrons. The summed E-state index contributed by atoms with van der Waals surface area (Å²) in [6.45, 7) is 2.36. The third-order valence-corrected chi connectivity index (χ3v) is 5.22. The number of benzene rings is 2. The molecule has 2 aromatic rings. The second-order valence-electron chi connectivity index (χ2n) is 7.14.